The van der Waals surface area contributed by atoms with Crippen molar-refractivity contribution in [2.45, 2.75) is 33.2 Å². The van der Waals surface area contributed by atoms with Gasteiger partial charge in [0.25, 0.3) is 0 Å². The minimum absolute atomic E-state index is 0.332. The van der Waals surface area contributed by atoms with Gasteiger partial charge in [-0.3, -0.25) is 0 Å². The van der Waals surface area contributed by atoms with Gasteiger partial charge in [0.1, 0.15) is 11.9 Å². The molecule has 0 saturated heterocycles. The Morgan fingerprint density at radius 2 is 2.19 bits per heavy atom. The molecule has 1 heterocycles. The number of carboxylic acid groups (broad SMARTS) is 1. The first-order chi connectivity index (χ1) is 7.49. The van der Waals surface area contributed by atoms with Crippen molar-refractivity contribution < 1.29 is 9.90 Å². The van der Waals surface area contributed by atoms with Crippen LogP contribution in [-0.4, -0.2) is 22.1 Å². The molecule has 1 aromatic heterocycles. The summed E-state index contributed by atoms with van der Waals surface area (Å²) >= 11 is 0. The third-order valence-electron chi connectivity index (χ3n) is 2.22. The largest absolute Gasteiger partial charge is 0.480 e. The molecule has 4 heteroatoms. The highest BCUT2D eigenvalue weighted by molar-refractivity contribution is 5.76. The Morgan fingerprint density at radius 1 is 1.50 bits per heavy atom. The first kappa shape index (κ1) is 12.5. The maximum absolute atomic E-state index is 11.0. The average molecular weight is 222 g/mol. The van der Waals surface area contributed by atoms with Gasteiger partial charge in [-0.15, -0.1) is 0 Å². The fourth-order valence-electron chi connectivity index (χ4n) is 1.49. The van der Waals surface area contributed by atoms with Crippen molar-refractivity contribution in [3.05, 3.63) is 23.9 Å². The van der Waals surface area contributed by atoms with Gasteiger partial charge < -0.3 is 10.4 Å². The number of hydrogen-bond donors (Lipinski definition) is 2. The molecule has 0 fully saturated rings. The maximum atomic E-state index is 11.0. The van der Waals surface area contributed by atoms with E-state index in [1.165, 1.54) is 0 Å². The highest BCUT2D eigenvalue weighted by Gasteiger charge is 2.18. The lowest BCUT2D eigenvalue weighted by molar-refractivity contribution is -0.138. The molecule has 2 N–H and O–H groups in total. The van der Waals surface area contributed by atoms with Crippen LogP contribution >= 0.6 is 0 Å². The number of aliphatic carboxylic acids is 1. The number of aryl methyl sites for hydroxylation is 1. The maximum Gasteiger partial charge on any atom is 0.326 e. The fourth-order valence-corrected chi connectivity index (χ4v) is 1.49. The molecule has 0 spiro atoms. The van der Waals surface area contributed by atoms with Gasteiger partial charge >= 0.3 is 5.97 Å². The molecule has 0 aliphatic heterocycles. The van der Waals surface area contributed by atoms with Crippen molar-refractivity contribution in [1.82, 2.24) is 4.98 Å². The molecule has 0 saturated carbocycles. The van der Waals surface area contributed by atoms with Crippen molar-refractivity contribution in [2.24, 2.45) is 5.92 Å². The van der Waals surface area contributed by atoms with Gasteiger partial charge in [-0.1, -0.05) is 19.9 Å². The molecule has 1 aromatic rings. The summed E-state index contributed by atoms with van der Waals surface area (Å²) in [5.74, 6) is 0.114. The van der Waals surface area contributed by atoms with Crippen LogP contribution in [-0.2, 0) is 4.79 Å². The fraction of sp³-hybridized carbons (Fsp3) is 0.500. The molecule has 0 radical (unpaired) electrons. The molecule has 4 nitrogen and oxygen atoms in total. The Bertz CT molecular complexity index is 364. The second kappa shape index (κ2) is 5.49. The summed E-state index contributed by atoms with van der Waals surface area (Å²) in [5.41, 5.74) is 0.874. The van der Waals surface area contributed by atoms with Gasteiger partial charge in [-0.25, -0.2) is 9.78 Å². The van der Waals surface area contributed by atoms with Crippen LogP contribution in [0.3, 0.4) is 0 Å². The molecule has 0 unspecified atom stereocenters. The lowest BCUT2D eigenvalue weighted by Gasteiger charge is -2.17. The minimum Gasteiger partial charge on any atom is -0.480 e. The molecule has 0 amide bonds. The van der Waals surface area contributed by atoms with Crippen molar-refractivity contribution in [3.8, 4) is 0 Å². The monoisotopic (exact) mass is 222 g/mol. The lowest BCUT2D eigenvalue weighted by Crippen LogP contribution is -2.31. The van der Waals surface area contributed by atoms with Gasteiger partial charge in [-0.2, -0.15) is 0 Å². The third-order valence-corrected chi connectivity index (χ3v) is 2.22. The molecule has 0 aromatic carbocycles. The zero-order valence-electron chi connectivity index (χ0n) is 9.90. The number of carboxylic acids is 1. The summed E-state index contributed by atoms with van der Waals surface area (Å²) in [5, 5.41) is 12.0. The van der Waals surface area contributed by atoms with Crippen molar-refractivity contribution >= 4 is 11.8 Å². The van der Waals surface area contributed by atoms with Crippen LogP contribution in [0.2, 0.25) is 0 Å². The Kier molecular flexibility index (Phi) is 4.28. The summed E-state index contributed by atoms with van der Waals surface area (Å²) in [4.78, 5) is 15.3. The number of rotatable bonds is 5. The van der Waals surface area contributed by atoms with Gasteiger partial charge in [0, 0.05) is 5.69 Å². The van der Waals surface area contributed by atoms with E-state index in [4.69, 9.17) is 5.11 Å². The molecule has 0 aliphatic rings. The normalized spacial score (nSPS) is 12.5. The van der Waals surface area contributed by atoms with Crippen LogP contribution in [0, 0.1) is 12.8 Å². The molecular weight excluding hydrogens is 204 g/mol. The Hall–Kier alpha value is -1.58. The number of carbonyl (C=O) groups is 1. The third kappa shape index (κ3) is 3.88. The standard InChI is InChI=1S/C12H18N2O2/c1-8(2)7-10(12(15)16)14-11-6-4-5-9(3)13-11/h4-6,8,10H,7H2,1-3H3,(H,13,14)(H,15,16)/t10-/m0/s1. The zero-order chi connectivity index (χ0) is 12.1. The predicted octanol–water partition coefficient (Wildman–Crippen LogP) is 2.30. The molecule has 1 atom stereocenters. The zero-order valence-corrected chi connectivity index (χ0v) is 9.90. The van der Waals surface area contributed by atoms with E-state index in [-0.39, 0.29) is 0 Å². The van der Waals surface area contributed by atoms with Crippen molar-refractivity contribution in [2.75, 3.05) is 5.32 Å². The van der Waals surface area contributed by atoms with Crippen LogP contribution in [0.25, 0.3) is 0 Å². The van der Waals surface area contributed by atoms with E-state index >= 15 is 0 Å². The van der Waals surface area contributed by atoms with E-state index < -0.39 is 12.0 Å². The summed E-state index contributed by atoms with van der Waals surface area (Å²) in [7, 11) is 0. The van der Waals surface area contributed by atoms with Gasteiger partial charge in [0.05, 0.1) is 0 Å². The number of aromatic nitrogens is 1. The van der Waals surface area contributed by atoms with Crippen LogP contribution in [0.4, 0.5) is 5.82 Å². The summed E-state index contributed by atoms with van der Waals surface area (Å²) in [6.45, 7) is 5.88. The molecule has 0 bridgehead atoms. The Labute approximate surface area is 95.7 Å². The van der Waals surface area contributed by atoms with Crippen molar-refractivity contribution in [1.29, 1.82) is 0 Å². The van der Waals surface area contributed by atoms with E-state index in [1.54, 1.807) is 6.07 Å². The SMILES string of the molecule is Cc1cccc(N[C@@H](CC(C)C)C(=O)O)n1. The summed E-state index contributed by atoms with van der Waals surface area (Å²) in [6, 6.07) is 4.94. The average Bonchev–Trinajstić information content (AvgIpc) is 2.15. The minimum atomic E-state index is -0.836. The van der Waals surface area contributed by atoms with Gasteiger partial charge in [-0.05, 0) is 31.4 Å². The molecule has 88 valence electrons. The van der Waals surface area contributed by atoms with Crippen molar-refractivity contribution in [3.63, 3.8) is 0 Å². The number of pyridine rings is 1. The quantitative estimate of drug-likeness (QED) is 0.802. The molecule has 1 rings (SSSR count). The van der Waals surface area contributed by atoms with Crippen LogP contribution < -0.4 is 5.32 Å². The number of anilines is 1. The molecular formula is C12H18N2O2. The lowest BCUT2D eigenvalue weighted by atomic mass is 10.0. The van der Waals surface area contributed by atoms with Gasteiger partial charge in [0.2, 0.25) is 0 Å². The highest BCUT2D eigenvalue weighted by atomic mass is 16.4. The second-order valence-corrected chi connectivity index (χ2v) is 4.33. The molecule has 16 heavy (non-hydrogen) atoms. The van der Waals surface area contributed by atoms with Gasteiger partial charge in [0.15, 0.2) is 0 Å². The predicted molar refractivity (Wildman–Crippen MR) is 63.5 cm³/mol. The number of hydrogen-bond acceptors (Lipinski definition) is 3. The molecule has 0 aliphatic carbocycles. The summed E-state index contributed by atoms with van der Waals surface area (Å²) < 4.78 is 0. The first-order valence-electron chi connectivity index (χ1n) is 5.42. The number of nitrogens with zero attached hydrogens (tertiary/aromatic N) is 1. The summed E-state index contributed by atoms with van der Waals surface area (Å²) in [6.07, 6.45) is 0.588. The van der Waals surface area contributed by atoms with Crippen LogP contribution in [0.1, 0.15) is 26.0 Å². The first-order valence-corrected chi connectivity index (χ1v) is 5.42. The van der Waals surface area contributed by atoms with Crippen LogP contribution in [0.15, 0.2) is 18.2 Å². The topological polar surface area (TPSA) is 62.2 Å². The number of nitrogens with one attached hydrogen (secondary N) is 1. The Balaban J connectivity index is 2.71. The van der Waals surface area contributed by atoms with Crippen LogP contribution in [0.5, 0.6) is 0 Å². The van der Waals surface area contributed by atoms with E-state index in [2.05, 4.69) is 10.3 Å². The van der Waals surface area contributed by atoms with E-state index in [0.29, 0.717) is 18.2 Å². The van der Waals surface area contributed by atoms with E-state index in [9.17, 15) is 4.79 Å². The van der Waals surface area contributed by atoms with E-state index in [0.717, 1.165) is 5.69 Å². The Morgan fingerprint density at radius 3 is 2.69 bits per heavy atom. The smallest absolute Gasteiger partial charge is 0.326 e. The highest BCUT2D eigenvalue weighted by Crippen LogP contribution is 2.11. The van der Waals surface area contributed by atoms with E-state index in [1.807, 2.05) is 32.9 Å². The second-order valence-electron chi connectivity index (χ2n) is 4.33.